The molecule has 1 aromatic rings. The van der Waals surface area contributed by atoms with Crippen molar-refractivity contribution in [1.29, 1.82) is 0 Å². The van der Waals surface area contributed by atoms with E-state index in [0.717, 1.165) is 60.2 Å². The van der Waals surface area contributed by atoms with Crippen LogP contribution in [0.4, 0.5) is 0 Å². The van der Waals surface area contributed by atoms with Crippen LogP contribution in [0, 0.1) is 0 Å². The van der Waals surface area contributed by atoms with Crippen LogP contribution in [-0.2, 0) is 80.9 Å². The Balaban J connectivity index is 2.16. The molecule has 50 heavy (non-hydrogen) atoms. The highest BCUT2D eigenvalue weighted by Crippen LogP contribution is 2.39. The number of esters is 7. The van der Waals surface area contributed by atoms with E-state index in [9.17, 15) is 33.6 Å². The molecule has 2 fully saturated rings. The first-order valence-corrected chi connectivity index (χ1v) is 16.2. The summed E-state index contributed by atoms with van der Waals surface area (Å²) in [6.07, 6.45) is -13.4. The zero-order valence-electron chi connectivity index (χ0n) is 28.4. The van der Waals surface area contributed by atoms with Crippen LogP contribution in [0.25, 0.3) is 0 Å². The van der Waals surface area contributed by atoms with Crippen molar-refractivity contribution in [3.63, 3.8) is 0 Å². The minimum atomic E-state index is -1.75. The van der Waals surface area contributed by atoms with E-state index in [1.165, 1.54) is 0 Å². The van der Waals surface area contributed by atoms with E-state index >= 15 is 0 Å². The molecular weight excluding hydrogens is 688 g/mol. The number of benzene rings is 1. The largest absolute Gasteiger partial charge is 0.463 e. The lowest BCUT2D eigenvalue weighted by atomic mass is 9.96. The average molecular weight is 729 g/mol. The number of hydrogen-bond acceptors (Lipinski definition) is 18. The highest BCUT2D eigenvalue weighted by atomic mass is 32.2. The summed E-state index contributed by atoms with van der Waals surface area (Å²) in [7, 11) is 0. The second-order valence-electron chi connectivity index (χ2n) is 11.1. The quantitative estimate of drug-likeness (QED) is 0.207. The van der Waals surface area contributed by atoms with Crippen molar-refractivity contribution in [3.05, 3.63) is 30.3 Å². The summed E-state index contributed by atoms with van der Waals surface area (Å²) in [4.78, 5) is 86.2. The van der Waals surface area contributed by atoms with Gasteiger partial charge >= 0.3 is 41.8 Å². The fourth-order valence-corrected chi connectivity index (χ4v) is 6.33. The van der Waals surface area contributed by atoms with Gasteiger partial charge in [-0.25, -0.2) is 0 Å². The molecule has 0 aliphatic carbocycles. The van der Waals surface area contributed by atoms with E-state index in [4.69, 9.17) is 47.4 Å². The lowest BCUT2D eigenvalue weighted by Gasteiger charge is -2.48. The van der Waals surface area contributed by atoms with Crippen molar-refractivity contribution in [2.45, 2.75) is 114 Å². The Kier molecular flexibility index (Phi) is 15.0. The number of ether oxygens (including phenoxy) is 10. The predicted molar refractivity (Wildman–Crippen MR) is 166 cm³/mol. The van der Waals surface area contributed by atoms with E-state index in [2.05, 4.69) is 0 Å². The zero-order chi connectivity index (χ0) is 37.1. The first-order chi connectivity index (χ1) is 23.5. The third kappa shape index (κ3) is 12.0. The summed E-state index contributed by atoms with van der Waals surface area (Å²) in [5, 5.41) is 0. The molecule has 3 unspecified atom stereocenters. The van der Waals surface area contributed by atoms with Crippen LogP contribution in [-0.4, -0.2) is 116 Å². The Labute approximate surface area is 291 Å². The molecular formula is C32H40O17S. The molecule has 0 bridgehead atoms. The standard InChI is InChI=1S/C32H40O17S/c1-15(33)40-13-23-25(42-17(3)35)27(43-18(4)36)29(45-20(6)38)31(47-23)49-26-24(14-41-16(2)34)48-32(50-22-11-9-8-10-12-22)30(46-21(7)39)28(26)44-19(5)37/h8-12,23-32H,13-14H2,1-7H3/t23?,24?,25-,26-,27+,28+,29-,30-,31+,32?/m1/s1. The van der Waals surface area contributed by atoms with Gasteiger partial charge in [-0.3, -0.25) is 33.6 Å². The van der Waals surface area contributed by atoms with E-state index in [-0.39, 0.29) is 0 Å². The van der Waals surface area contributed by atoms with Crippen molar-refractivity contribution in [1.82, 2.24) is 0 Å². The lowest BCUT2D eigenvalue weighted by molar-refractivity contribution is -0.341. The second-order valence-corrected chi connectivity index (χ2v) is 12.3. The highest BCUT2D eigenvalue weighted by molar-refractivity contribution is 7.99. The van der Waals surface area contributed by atoms with Gasteiger partial charge in [-0.15, -0.1) is 0 Å². The van der Waals surface area contributed by atoms with Crippen LogP contribution in [0.15, 0.2) is 35.2 Å². The number of rotatable bonds is 13. The fraction of sp³-hybridized carbons (Fsp3) is 0.594. The van der Waals surface area contributed by atoms with Crippen LogP contribution in [0.2, 0.25) is 0 Å². The van der Waals surface area contributed by atoms with Crippen LogP contribution < -0.4 is 0 Å². The SMILES string of the molecule is CC(=O)OCC1O[C@@H](O[C@@H]2C(COC(C)=O)OC(Sc3ccccc3)[C@H](OC(C)=O)[C@H]2OC(C)=O)[C@H](OC(C)=O)[C@@H](OC(C)=O)[C@@H]1OC(C)=O. The molecule has 0 aromatic heterocycles. The van der Waals surface area contributed by atoms with E-state index in [1.54, 1.807) is 30.3 Å². The Morgan fingerprint density at radius 2 is 0.940 bits per heavy atom. The van der Waals surface area contributed by atoms with E-state index in [0.29, 0.717) is 4.90 Å². The predicted octanol–water partition coefficient (Wildman–Crippen LogP) is 1.40. The molecule has 10 atom stereocenters. The van der Waals surface area contributed by atoms with Gasteiger partial charge < -0.3 is 47.4 Å². The molecule has 0 saturated carbocycles. The van der Waals surface area contributed by atoms with Gasteiger partial charge in [0, 0.05) is 53.4 Å². The topological polar surface area (TPSA) is 212 Å². The Bertz CT molecular complexity index is 1390. The van der Waals surface area contributed by atoms with Crippen molar-refractivity contribution in [2.24, 2.45) is 0 Å². The molecule has 3 rings (SSSR count). The Morgan fingerprint density at radius 1 is 0.520 bits per heavy atom. The Morgan fingerprint density at radius 3 is 1.42 bits per heavy atom. The Hall–Kier alpha value is -4.26. The minimum Gasteiger partial charge on any atom is -0.463 e. The van der Waals surface area contributed by atoms with Crippen LogP contribution >= 0.6 is 11.8 Å². The van der Waals surface area contributed by atoms with E-state index < -0.39 is 116 Å². The highest BCUT2D eigenvalue weighted by Gasteiger charge is 2.57. The molecule has 276 valence electrons. The minimum absolute atomic E-state index is 0.471. The summed E-state index contributed by atoms with van der Waals surface area (Å²) in [6.45, 7) is 6.66. The molecule has 2 aliphatic heterocycles. The van der Waals surface area contributed by atoms with Gasteiger partial charge in [0.05, 0.1) is 0 Å². The molecule has 17 nitrogen and oxygen atoms in total. The molecule has 0 radical (unpaired) electrons. The molecule has 2 aliphatic rings. The third-order valence-corrected chi connectivity index (χ3v) is 8.04. The molecule has 0 N–H and O–H groups in total. The lowest BCUT2D eigenvalue weighted by Crippen LogP contribution is -2.66. The van der Waals surface area contributed by atoms with Gasteiger partial charge in [0.1, 0.15) is 37.0 Å². The monoisotopic (exact) mass is 728 g/mol. The molecule has 18 heteroatoms. The van der Waals surface area contributed by atoms with Gasteiger partial charge in [0.25, 0.3) is 0 Å². The van der Waals surface area contributed by atoms with Crippen molar-refractivity contribution in [3.8, 4) is 0 Å². The number of thioether (sulfide) groups is 1. The summed E-state index contributed by atoms with van der Waals surface area (Å²) < 4.78 is 56.8. The van der Waals surface area contributed by atoms with Crippen LogP contribution in [0.1, 0.15) is 48.5 Å². The summed E-state index contributed by atoms with van der Waals surface area (Å²) in [5.74, 6) is -5.63. The number of carbonyl (C=O) groups excluding carboxylic acids is 7. The molecule has 0 amide bonds. The van der Waals surface area contributed by atoms with Crippen molar-refractivity contribution >= 4 is 53.5 Å². The second kappa shape index (κ2) is 18.7. The normalized spacial score (nSPS) is 29.0. The third-order valence-electron chi connectivity index (χ3n) is 6.88. The van der Waals surface area contributed by atoms with Crippen molar-refractivity contribution in [2.75, 3.05) is 13.2 Å². The molecule has 1 aromatic carbocycles. The maximum absolute atomic E-state index is 12.5. The number of hydrogen-bond donors (Lipinski definition) is 0. The first-order valence-electron chi connectivity index (χ1n) is 15.4. The van der Waals surface area contributed by atoms with Gasteiger partial charge in [0.15, 0.2) is 36.8 Å². The fourth-order valence-electron chi connectivity index (χ4n) is 5.20. The smallest absolute Gasteiger partial charge is 0.303 e. The van der Waals surface area contributed by atoms with Gasteiger partial charge in [0.2, 0.25) is 0 Å². The van der Waals surface area contributed by atoms with Gasteiger partial charge in [-0.05, 0) is 12.1 Å². The molecule has 2 saturated heterocycles. The number of carbonyl (C=O) groups is 7. The van der Waals surface area contributed by atoms with Crippen LogP contribution in [0.3, 0.4) is 0 Å². The van der Waals surface area contributed by atoms with Gasteiger partial charge in [-0.2, -0.15) is 0 Å². The molecule has 2 heterocycles. The summed E-state index contributed by atoms with van der Waals surface area (Å²) in [5.41, 5.74) is -1.05. The van der Waals surface area contributed by atoms with Crippen LogP contribution in [0.5, 0.6) is 0 Å². The first kappa shape index (κ1) is 40.2. The maximum Gasteiger partial charge on any atom is 0.303 e. The van der Waals surface area contributed by atoms with Gasteiger partial charge in [-0.1, -0.05) is 30.0 Å². The summed E-state index contributed by atoms with van der Waals surface area (Å²) >= 11 is 1.12. The maximum atomic E-state index is 12.5. The average Bonchev–Trinajstić information content (AvgIpc) is 3.00. The summed E-state index contributed by atoms with van der Waals surface area (Å²) in [6, 6.07) is 8.85. The van der Waals surface area contributed by atoms with E-state index in [1.807, 2.05) is 0 Å². The van der Waals surface area contributed by atoms with Crippen molar-refractivity contribution < 1.29 is 80.9 Å². The molecule has 0 spiro atoms. The zero-order valence-corrected chi connectivity index (χ0v) is 29.2.